The molecule has 2 atom stereocenters. The van der Waals surface area contributed by atoms with Gasteiger partial charge < -0.3 is 10.2 Å². The topological polar surface area (TPSA) is 76.5 Å². The third-order valence-electron chi connectivity index (χ3n) is 3.93. The molecule has 0 bridgehead atoms. The molecule has 2 heterocycles. The van der Waals surface area contributed by atoms with Crippen molar-refractivity contribution < 1.29 is 12.8 Å². The Hall–Kier alpha value is -0.850. The predicted molar refractivity (Wildman–Crippen MR) is 78.8 cm³/mol. The van der Waals surface area contributed by atoms with E-state index in [4.69, 9.17) is 10.2 Å². The third-order valence-corrected chi connectivity index (χ3v) is 5.20. The van der Waals surface area contributed by atoms with Crippen molar-refractivity contribution in [1.82, 2.24) is 4.31 Å². The van der Waals surface area contributed by atoms with Gasteiger partial charge in [0.15, 0.2) is 0 Å². The van der Waals surface area contributed by atoms with Gasteiger partial charge in [0, 0.05) is 25.6 Å². The van der Waals surface area contributed by atoms with E-state index in [0.717, 1.165) is 37.9 Å². The van der Waals surface area contributed by atoms with Crippen LogP contribution in [0.4, 0.5) is 0 Å². The molecule has 0 amide bonds. The van der Waals surface area contributed by atoms with Crippen LogP contribution < -0.4 is 5.73 Å². The summed E-state index contributed by atoms with van der Waals surface area (Å²) in [6, 6.07) is 3.94. The third kappa shape index (κ3) is 4.61. The molecule has 0 saturated carbocycles. The monoisotopic (exact) mass is 300 g/mol. The van der Waals surface area contributed by atoms with Crippen molar-refractivity contribution in [3.8, 4) is 0 Å². The Morgan fingerprint density at radius 1 is 1.55 bits per heavy atom. The molecule has 20 heavy (non-hydrogen) atoms. The molecule has 1 aromatic rings. The molecule has 2 unspecified atom stereocenters. The minimum absolute atomic E-state index is 0.101. The second-order valence-corrected chi connectivity index (χ2v) is 7.73. The second-order valence-electron chi connectivity index (χ2n) is 5.74. The van der Waals surface area contributed by atoms with Crippen LogP contribution in [0.5, 0.6) is 0 Å². The summed E-state index contributed by atoms with van der Waals surface area (Å²) in [5.41, 5.74) is 6.17. The van der Waals surface area contributed by atoms with Gasteiger partial charge in [-0.25, -0.2) is 12.7 Å². The number of hydrogen-bond donors (Lipinski definition) is 1. The van der Waals surface area contributed by atoms with Crippen LogP contribution >= 0.6 is 0 Å². The molecule has 1 aliphatic heterocycles. The van der Waals surface area contributed by atoms with Gasteiger partial charge in [0.1, 0.15) is 5.76 Å². The highest BCUT2D eigenvalue weighted by Crippen LogP contribution is 2.23. The molecule has 6 heteroatoms. The number of nitrogens with two attached hydrogens (primary N) is 1. The lowest BCUT2D eigenvalue weighted by Gasteiger charge is -2.32. The highest BCUT2D eigenvalue weighted by atomic mass is 32.2. The van der Waals surface area contributed by atoms with Crippen LogP contribution in [0.2, 0.25) is 0 Å². The smallest absolute Gasteiger partial charge is 0.211 e. The maximum Gasteiger partial charge on any atom is 0.211 e. The molecule has 5 nitrogen and oxygen atoms in total. The largest absolute Gasteiger partial charge is 0.469 e. The Morgan fingerprint density at radius 3 is 3.00 bits per heavy atom. The van der Waals surface area contributed by atoms with E-state index in [1.54, 1.807) is 10.6 Å². The molecular weight excluding hydrogens is 276 g/mol. The first-order chi connectivity index (χ1) is 9.45. The zero-order chi connectivity index (χ0) is 14.6. The Bertz CT molecular complexity index is 498. The van der Waals surface area contributed by atoms with Gasteiger partial charge in [-0.3, -0.25) is 0 Å². The Balaban J connectivity index is 1.77. The van der Waals surface area contributed by atoms with E-state index < -0.39 is 10.0 Å². The molecule has 2 N–H and O–H groups in total. The average Bonchev–Trinajstić information content (AvgIpc) is 2.89. The Kier molecular flexibility index (Phi) is 5.23. The number of rotatable bonds is 6. The van der Waals surface area contributed by atoms with Gasteiger partial charge in [0.25, 0.3) is 0 Å². The molecule has 0 aromatic carbocycles. The number of hydrogen-bond acceptors (Lipinski definition) is 4. The summed E-state index contributed by atoms with van der Waals surface area (Å²) >= 11 is 0. The maximum absolute atomic E-state index is 11.6. The fraction of sp³-hybridized carbons (Fsp3) is 0.714. The highest BCUT2D eigenvalue weighted by Gasteiger charge is 2.26. The summed E-state index contributed by atoms with van der Waals surface area (Å²) in [5, 5.41) is 0. The van der Waals surface area contributed by atoms with Gasteiger partial charge in [0.2, 0.25) is 10.0 Å². The number of sulfonamides is 1. The van der Waals surface area contributed by atoms with E-state index in [1.165, 1.54) is 6.26 Å². The summed E-state index contributed by atoms with van der Waals surface area (Å²) in [7, 11) is -3.06. The van der Waals surface area contributed by atoms with E-state index in [2.05, 4.69) is 0 Å². The number of piperidine rings is 1. The molecule has 0 aliphatic carbocycles. The summed E-state index contributed by atoms with van der Waals surface area (Å²) in [5.74, 6) is 1.34. The second kappa shape index (κ2) is 6.74. The summed E-state index contributed by atoms with van der Waals surface area (Å²) in [6.07, 6.45) is 7.56. The quantitative estimate of drug-likeness (QED) is 0.865. The van der Waals surface area contributed by atoms with E-state index in [-0.39, 0.29) is 6.04 Å². The van der Waals surface area contributed by atoms with Crippen molar-refractivity contribution in [3.05, 3.63) is 24.2 Å². The van der Waals surface area contributed by atoms with Gasteiger partial charge in [-0.2, -0.15) is 0 Å². The van der Waals surface area contributed by atoms with Crippen molar-refractivity contribution in [2.45, 2.75) is 38.1 Å². The maximum atomic E-state index is 11.6. The van der Waals surface area contributed by atoms with Crippen LogP contribution in [0, 0.1) is 5.92 Å². The minimum Gasteiger partial charge on any atom is -0.469 e. The number of furan rings is 1. The molecule has 114 valence electrons. The minimum atomic E-state index is -3.06. The molecular formula is C14H24N2O3S. The van der Waals surface area contributed by atoms with Crippen LogP contribution in [0.1, 0.15) is 31.4 Å². The van der Waals surface area contributed by atoms with Crippen LogP contribution in [-0.2, 0) is 16.4 Å². The van der Waals surface area contributed by atoms with E-state index in [9.17, 15) is 8.42 Å². The summed E-state index contributed by atoms with van der Waals surface area (Å²) in [4.78, 5) is 0. The summed E-state index contributed by atoms with van der Waals surface area (Å²) in [6.45, 7) is 1.27. The Morgan fingerprint density at radius 2 is 2.35 bits per heavy atom. The predicted octanol–water partition coefficient (Wildman–Crippen LogP) is 1.60. The SMILES string of the molecule is CS(=O)(=O)N1CCCC(CC(N)CCc2ccco2)C1. The van der Waals surface area contributed by atoms with Crippen LogP contribution in [0.15, 0.2) is 22.8 Å². The molecule has 1 aromatic heterocycles. The van der Waals surface area contributed by atoms with Crippen molar-refractivity contribution >= 4 is 10.0 Å². The van der Waals surface area contributed by atoms with Gasteiger partial charge in [-0.1, -0.05) is 0 Å². The lowest BCUT2D eigenvalue weighted by atomic mass is 9.91. The molecule has 0 radical (unpaired) electrons. The van der Waals surface area contributed by atoms with Crippen molar-refractivity contribution in [2.24, 2.45) is 11.7 Å². The van der Waals surface area contributed by atoms with Crippen LogP contribution in [-0.4, -0.2) is 38.1 Å². The number of nitrogens with zero attached hydrogens (tertiary/aromatic N) is 1. The molecule has 2 rings (SSSR count). The summed E-state index contributed by atoms with van der Waals surface area (Å²) < 4.78 is 30.0. The number of aryl methyl sites for hydroxylation is 1. The van der Waals surface area contributed by atoms with E-state index in [1.807, 2.05) is 12.1 Å². The first-order valence-corrected chi connectivity index (χ1v) is 9.03. The van der Waals surface area contributed by atoms with Gasteiger partial charge >= 0.3 is 0 Å². The van der Waals surface area contributed by atoms with Gasteiger partial charge in [0.05, 0.1) is 12.5 Å². The molecule has 1 fully saturated rings. The van der Waals surface area contributed by atoms with Crippen LogP contribution in [0.3, 0.4) is 0 Å². The van der Waals surface area contributed by atoms with Crippen LogP contribution in [0.25, 0.3) is 0 Å². The van der Waals surface area contributed by atoms with E-state index >= 15 is 0 Å². The van der Waals surface area contributed by atoms with Crippen molar-refractivity contribution in [1.29, 1.82) is 0 Å². The highest BCUT2D eigenvalue weighted by molar-refractivity contribution is 7.88. The van der Waals surface area contributed by atoms with E-state index in [0.29, 0.717) is 19.0 Å². The normalized spacial score (nSPS) is 22.8. The molecule has 1 saturated heterocycles. The average molecular weight is 300 g/mol. The van der Waals surface area contributed by atoms with Crippen molar-refractivity contribution in [3.63, 3.8) is 0 Å². The zero-order valence-electron chi connectivity index (χ0n) is 12.0. The van der Waals surface area contributed by atoms with Crippen molar-refractivity contribution in [2.75, 3.05) is 19.3 Å². The Labute approximate surface area is 121 Å². The fourth-order valence-corrected chi connectivity index (χ4v) is 3.79. The standard InChI is InChI=1S/C14H24N2O3S/c1-20(17,18)16-8-2-4-12(11-16)10-13(15)6-7-14-5-3-9-19-14/h3,5,9,12-13H,2,4,6-8,10-11,15H2,1H3. The lowest BCUT2D eigenvalue weighted by Crippen LogP contribution is -2.41. The fourth-order valence-electron chi connectivity index (χ4n) is 2.85. The lowest BCUT2D eigenvalue weighted by molar-refractivity contribution is 0.244. The molecule has 1 aliphatic rings. The first-order valence-electron chi connectivity index (χ1n) is 7.18. The first kappa shape index (κ1) is 15.5. The van der Waals surface area contributed by atoms with Gasteiger partial charge in [-0.15, -0.1) is 0 Å². The zero-order valence-corrected chi connectivity index (χ0v) is 12.8. The van der Waals surface area contributed by atoms with Gasteiger partial charge in [-0.05, 0) is 43.7 Å². The molecule has 0 spiro atoms.